The van der Waals surface area contributed by atoms with E-state index in [4.69, 9.17) is 11.6 Å². The Bertz CT molecular complexity index is 1080. The molecular formula is C22H28ClFN4O4S. The molecule has 0 saturated heterocycles. The van der Waals surface area contributed by atoms with Crippen LogP contribution in [0, 0.1) is 5.82 Å². The molecule has 1 N–H and O–H groups in total. The fourth-order valence-electron chi connectivity index (χ4n) is 3.06. The van der Waals surface area contributed by atoms with E-state index in [1.54, 1.807) is 38.1 Å². The summed E-state index contributed by atoms with van der Waals surface area (Å²) in [6.07, 6.45) is 0. The average Bonchev–Trinajstić information content (AvgIpc) is 2.76. The first kappa shape index (κ1) is 26.6. The fraction of sp³-hybridized carbons (Fsp3) is 0.364. The van der Waals surface area contributed by atoms with Gasteiger partial charge in [0.2, 0.25) is 11.8 Å². The van der Waals surface area contributed by atoms with Crippen molar-refractivity contribution in [2.24, 2.45) is 0 Å². The van der Waals surface area contributed by atoms with Crippen molar-refractivity contribution in [2.45, 2.75) is 26.4 Å². The maximum absolute atomic E-state index is 13.4. The highest BCUT2D eigenvalue weighted by Crippen LogP contribution is 2.21. The molecule has 33 heavy (non-hydrogen) atoms. The lowest BCUT2D eigenvalue weighted by Gasteiger charge is -2.32. The largest absolute Gasteiger partial charge is 0.355 e. The predicted octanol–water partition coefficient (Wildman–Crippen LogP) is 2.65. The third-order valence-electron chi connectivity index (χ3n) is 4.89. The quantitative estimate of drug-likeness (QED) is 0.545. The van der Waals surface area contributed by atoms with Crippen LogP contribution in [-0.2, 0) is 26.3 Å². The van der Waals surface area contributed by atoms with Gasteiger partial charge in [-0.3, -0.25) is 9.59 Å². The second-order valence-corrected chi connectivity index (χ2v) is 10.00. The van der Waals surface area contributed by atoms with E-state index in [1.165, 1.54) is 31.1 Å². The molecule has 0 unspecified atom stereocenters. The number of carbonyl (C=O) groups is 2. The summed E-state index contributed by atoms with van der Waals surface area (Å²) < 4.78 is 41.2. The third-order valence-corrected chi connectivity index (χ3v) is 6.95. The van der Waals surface area contributed by atoms with E-state index >= 15 is 0 Å². The molecule has 0 aromatic heterocycles. The molecule has 0 saturated carbocycles. The van der Waals surface area contributed by atoms with Crippen LogP contribution in [0.4, 0.5) is 10.1 Å². The molecule has 11 heteroatoms. The van der Waals surface area contributed by atoms with Crippen molar-refractivity contribution < 1.29 is 22.4 Å². The van der Waals surface area contributed by atoms with E-state index in [1.807, 2.05) is 0 Å². The van der Waals surface area contributed by atoms with Crippen molar-refractivity contribution in [3.63, 3.8) is 0 Å². The minimum atomic E-state index is -4.09. The molecule has 0 radical (unpaired) electrons. The molecule has 0 aliphatic rings. The summed E-state index contributed by atoms with van der Waals surface area (Å²) in [5, 5.41) is 3.14. The van der Waals surface area contributed by atoms with Gasteiger partial charge in [-0.2, -0.15) is 12.7 Å². The first-order chi connectivity index (χ1) is 15.5. The maximum Gasteiger partial charge on any atom is 0.304 e. The van der Waals surface area contributed by atoms with Gasteiger partial charge in [0.1, 0.15) is 18.4 Å². The number of anilines is 1. The molecule has 1 atom stereocenters. The number of hydrogen-bond donors (Lipinski definition) is 1. The summed E-state index contributed by atoms with van der Waals surface area (Å²) in [6.45, 7) is 3.15. The maximum atomic E-state index is 13.4. The minimum Gasteiger partial charge on any atom is -0.355 e. The van der Waals surface area contributed by atoms with E-state index in [0.29, 0.717) is 17.1 Å². The Labute approximate surface area is 199 Å². The Balaban J connectivity index is 2.44. The van der Waals surface area contributed by atoms with Crippen LogP contribution in [0.25, 0.3) is 0 Å². The molecule has 0 aliphatic carbocycles. The first-order valence-corrected chi connectivity index (χ1v) is 12.0. The van der Waals surface area contributed by atoms with Gasteiger partial charge in [0.05, 0.1) is 5.69 Å². The third kappa shape index (κ3) is 6.89. The van der Waals surface area contributed by atoms with Crippen LogP contribution in [0.5, 0.6) is 0 Å². The van der Waals surface area contributed by atoms with Gasteiger partial charge < -0.3 is 10.2 Å². The van der Waals surface area contributed by atoms with Crippen LogP contribution in [0.15, 0.2) is 48.5 Å². The van der Waals surface area contributed by atoms with Crippen molar-refractivity contribution in [3.8, 4) is 0 Å². The molecule has 2 amide bonds. The molecule has 2 aromatic carbocycles. The number of carbonyl (C=O) groups excluding carboxylic acids is 2. The molecule has 0 fully saturated rings. The number of nitrogens with zero attached hydrogens (tertiary/aromatic N) is 3. The van der Waals surface area contributed by atoms with Crippen LogP contribution in [0.3, 0.4) is 0 Å². The summed E-state index contributed by atoms with van der Waals surface area (Å²) in [6, 6.07) is 10.7. The summed E-state index contributed by atoms with van der Waals surface area (Å²) >= 11 is 6.07. The Kier molecular flexibility index (Phi) is 9.21. The van der Waals surface area contributed by atoms with Gasteiger partial charge in [0, 0.05) is 32.2 Å². The summed E-state index contributed by atoms with van der Waals surface area (Å²) in [7, 11) is -1.43. The Morgan fingerprint density at radius 3 is 2.30 bits per heavy atom. The lowest BCUT2D eigenvalue weighted by atomic mass is 10.1. The molecule has 8 nitrogen and oxygen atoms in total. The van der Waals surface area contributed by atoms with Gasteiger partial charge in [-0.15, -0.1) is 0 Å². The van der Waals surface area contributed by atoms with Crippen LogP contribution in [0.1, 0.15) is 19.4 Å². The van der Waals surface area contributed by atoms with Crippen molar-refractivity contribution in [3.05, 3.63) is 64.9 Å². The number of nitrogens with one attached hydrogen (secondary N) is 1. The zero-order valence-corrected chi connectivity index (χ0v) is 20.5. The first-order valence-electron chi connectivity index (χ1n) is 10.2. The average molecular weight is 499 g/mol. The molecule has 2 rings (SSSR count). The molecule has 0 bridgehead atoms. The normalized spacial score (nSPS) is 12.3. The number of hydrogen-bond acceptors (Lipinski definition) is 4. The van der Waals surface area contributed by atoms with E-state index in [-0.39, 0.29) is 18.1 Å². The van der Waals surface area contributed by atoms with E-state index < -0.39 is 34.5 Å². The van der Waals surface area contributed by atoms with Crippen molar-refractivity contribution in [1.29, 1.82) is 0 Å². The zero-order valence-electron chi connectivity index (χ0n) is 19.0. The topological polar surface area (TPSA) is 90.0 Å². The van der Waals surface area contributed by atoms with Crippen LogP contribution in [0.2, 0.25) is 5.02 Å². The second-order valence-electron chi connectivity index (χ2n) is 7.50. The molecular weight excluding hydrogens is 471 g/mol. The Morgan fingerprint density at radius 2 is 1.76 bits per heavy atom. The Hall–Kier alpha value is -2.69. The van der Waals surface area contributed by atoms with Crippen molar-refractivity contribution in [1.82, 2.24) is 14.5 Å². The standard InChI is InChI=1S/C22H28ClFN4O4S/c1-5-25-22(30)16(2)27(14-17-7-6-8-18(23)13-17)21(29)15-28(33(31,32)26(3)4)20-11-9-19(24)10-12-20/h6-13,16H,5,14-15H2,1-4H3,(H,25,30)/t16-/m1/s1. The highest BCUT2D eigenvalue weighted by molar-refractivity contribution is 7.90. The number of halogens is 2. The van der Waals surface area contributed by atoms with Crippen molar-refractivity contribution >= 4 is 39.3 Å². The summed E-state index contributed by atoms with van der Waals surface area (Å²) in [5.41, 5.74) is 0.794. The Morgan fingerprint density at radius 1 is 1.12 bits per heavy atom. The van der Waals surface area contributed by atoms with Gasteiger partial charge in [0.25, 0.3) is 0 Å². The van der Waals surface area contributed by atoms with Gasteiger partial charge in [0.15, 0.2) is 0 Å². The van der Waals surface area contributed by atoms with E-state index in [2.05, 4.69) is 5.32 Å². The van der Waals surface area contributed by atoms with Crippen LogP contribution >= 0.6 is 11.6 Å². The molecule has 0 aliphatic heterocycles. The highest BCUT2D eigenvalue weighted by atomic mass is 35.5. The van der Waals surface area contributed by atoms with Gasteiger partial charge >= 0.3 is 10.2 Å². The summed E-state index contributed by atoms with van der Waals surface area (Å²) in [5.74, 6) is -1.53. The smallest absolute Gasteiger partial charge is 0.304 e. The zero-order chi connectivity index (χ0) is 24.8. The molecule has 180 valence electrons. The minimum absolute atomic E-state index is 0.0387. The molecule has 0 spiro atoms. The lowest BCUT2D eigenvalue weighted by molar-refractivity contribution is -0.139. The fourth-order valence-corrected chi connectivity index (χ4v) is 4.33. The summed E-state index contributed by atoms with van der Waals surface area (Å²) in [4.78, 5) is 27.2. The van der Waals surface area contributed by atoms with Gasteiger partial charge in [-0.25, -0.2) is 8.70 Å². The molecule has 0 heterocycles. The monoisotopic (exact) mass is 498 g/mol. The second kappa shape index (κ2) is 11.4. The van der Waals surface area contributed by atoms with Crippen LogP contribution in [-0.4, -0.2) is 62.7 Å². The number of amides is 2. The number of likely N-dealkylation sites (N-methyl/N-ethyl adjacent to an activating group) is 1. The van der Waals surface area contributed by atoms with Gasteiger partial charge in [-0.1, -0.05) is 23.7 Å². The number of rotatable bonds is 10. The lowest BCUT2D eigenvalue weighted by Crippen LogP contribution is -2.52. The van der Waals surface area contributed by atoms with Crippen molar-refractivity contribution in [2.75, 3.05) is 31.5 Å². The van der Waals surface area contributed by atoms with Gasteiger partial charge in [-0.05, 0) is 55.8 Å². The molecule has 2 aromatic rings. The van der Waals surface area contributed by atoms with E-state index in [9.17, 15) is 22.4 Å². The number of benzene rings is 2. The van der Waals surface area contributed by atoms with E-state index in [0.717, 1.165) is 20.7 Å². The SMILES string of the molecule is CCNC(=O)[C@@H](C)N(Cc1cccc(Cl)c1)C(=O)CN(c1ccc(F)cc1)S(=O)(=O)N(C)C. The van der Waals surface area contributed by atoms with Crippen LogP contribution < -0.4 is 9.62 Å². The highest BCUT2D eigenvalue weighted by Gasteiger charge is 2.32. The predicted molar refractivity (Wildman–Crippen MR) is 127 cm³/mol.